The molecule has 2 aliphatic heterocycles. The number of carbonyl (C=O) groups excluding carboxylic acids is 2. The second-order valence-corrected chi connectivity index (χ2v) is 5.20. The number of ether oxygens (including phenoxy) is 1. The van der Waals surface area contributed by atoms with Gasteiger partial charge in [-0.2, -0.15) is 0 Å². The summed E-state index contributed by atoms with van der Waals surface area (Å²) in [6.45, 7) is 0.904. The average Bonchev–Trinajstić information content (AvgIpc) is 2.95. The molecule has 2 atom stereocenters. The molecule has 0 aliphatic carbocycles. The molecular weight excluding hydrogens is 264 g/mol. The molecule has 2 fully saturated rings. The van der Waals surface area contributed by atoms with Crippen LogP contribution in [0.25, 0.3) is 0 Å². The third-order valence-electron chi connectivity index (χ3n) is 4.01. The number of esters is 1. The van der Waals surface area contributed by atoms with Crippen molar-refractivity contribution in [2.24, 2.45) is 0 Å². The van der Waals surface area contributed by atoms with E-state index in [4.69, 9.17) is 9.84 Å². The number of nitrogens with zero attached hydrogens (tertiary/aromatic N) is 2. The van der Waals surface area contributed by atoms with E-state index < -0.39 is 24.0 Å². The van der Waals surface area contributed by atoms with Gasteiger partial charge in [-0.25, -0.2) is 14.4 Å². The molecule has 2 saturated heterocycles. The minimum absolute atomic E-state index is 0.356. The van der Waals surface area contributed by atoms with E-state index in [0.29, 0.717) is 32.4 Å². The van der Waals surface area contributed by atoms with Crippen LogP contribution >= 0.6 is 0 Å². The van der Waals surface area contributed by atoms with Crippen molar-refractivity contribution in [3.05, 3.63) is 0 Å². The summed E-state index contributed by atoms with van der Waals surface area (Å²) >= 11 is 0. The van der Waals surface area contributed by atoms with Gasteiger partial charge in [-0.3, -0.25) is 0 Å². The second kappa shape index (κ2) is 6.11. The summed E-state index contributed by atoms with van der Waals surface area (Å²) in [4.78, 5) is 38.3. The summed E-state index contributed by atoms with van der Waals surface area (Å²) in [6.07, 6.45) is 3.41. The summed E-state index contributed by atoms with van der Waals surface area (Å²) in [7, 11) is 1.30. The predicted octanol–water partition coefficient (Wildman–Crippen LogP) is 0.683. The number of hydrogen-bond acceptors (Lipinski definition) is 4. The summed E-state index contributed by atoms with van der Waals surface area (Å²) < 4.78 is 4.74. The number of amides is 2. The quantitative estimate of drug-likeness (QED) is 0.754. The predicted molar refractivity (Wildman–Crippen MR) is 69.1 cm³/mol. The third-order valence-corrected chi connectivity index (χ3v) is 4.01. The molecule has 2 amide bonds. The van der Waals surface area contributed by atoms with Gasteiger partial charge in [0.05, 0.1) is 7.11 Å². The monoisotopic (exact) mass is 284 g/mol. The van der Waals surface area contributed by atoms with Gasteiger partial charge in [-0.05, 0) is 32.1 Å². The van der Waals surface area contributed by atoms with Gasteiger partial charge >= 0.3 is 18.0 Å². The number of piperidine rings is 1. The molecule has 7 heteroatoms. The van der Waals surface area contributed by atoms with Crippen molar-refractivity contribution in [2.45, 2.75) is 44.2 Å². The first-order valence-corrected chi connectivity index (χ1v) is 6.94. The van der Waals surface area contributed by atoms with Crippen LogP contribution in [0.3, 0.4) is 0 Å². The molecule has 0 aromatic carbocycles. The molecule has 1 unspecified atom stereocenters. The Kier molecular flexibility index (Phi) is 4.46. The van der Waals surface area contributed by atoms with Gasteiger partial charge < -0.3 is 19.6 Å². The van der Waals surface area contributed by atoms with E-state index in [1.165, 1.54) is 16.9 Å². The van der Waals surface area contributed by atoms with E-state index in [1.807, 2.05) is 0 Å². The lowest BCUT2D eigenvalue weighted by Crippen LogP contribution is -2.55. The lowest BCUT2D eigenvalue weighted by Gasteiger charge is -2.37. The van der Waals surface area contributed by atoms with Gasteiger partial charge in [0.15, 0.2) is 0 Å². The Bertz CT molecular complexity index is 412. The molecule has 2 heterocycles. The zero-order valence-corrected chi connectivity index (χ0v) is 11.6. The smallest absolute Gasteiger partial charge is 0.328 e. The van der Waals surface area contributed by atoms with E-state index >= 15 is 0 Å². The van der Waals surface area contributed by atoms with E-state index in [0.717, 1.165) is 12.8 Å². The van der Waals surface area contributed by atoms with Crippen LogP contribution in [-0.2, 0) is 14.3 Å². The zero-order valence-electron chi connectivity index (χ0n) is 11.6. The topological polar surface area (TPSA) is 87.2 Å². The fourth-order valence-corrected chi connectivity index (χ4v) is 2.96. The highest BCUT2D eigenvalue weighted by Crippen LogP contribution is 2.24. The first-order valence-electron chi connectivity index (χ1n) is 6.94. The third kappa shape index (κ3) is 2.71. The zero-order chi connectivity index (χ0) is 14.7. The van der Waals surface area contributed by atoms with Gasteiger partial charge in [0.25, 0.3) is 0 Å². The molecule has 0 bridgehead atoms. The van der Waals surface area contributed by atoms with Crippen LogP contribution in [0.5, 0.6) is 0 Å². The largest absolute Gasteiger partial charge is 0.480 e. The summed E-state index contributed by atoms with van der Waals surface area (Å²) in [5, 5.41) is 9.15. The molecule has 0 radical (unpaired) electrons. The molecule has 0 aromatic rings. The highest BCUT2D eigenvalue weighted by Gasteiger charge is 2.40. The molecule has 2 aliphatic rings. The van der Waals surface area contributed by atoms with Crippen molar-refractivity contribution >= 4 is 18.0 Å². The van der Waals surface area contributed by atoms with E-state index in [2.05, 4.69) is 0 Å². The Balaban J connectivity index is 2.13. The second-order valence-electron chi connectivity index (χ2n) is 5.20. The maximum absolute atomic E-state index is 12.5. The minimum atomic E-state index is -0.984. The number of urea groups is 1. The molecule has 0 saturated carbocycles. The lowest BCUT2D eigenvalue weighted by molar-refractivity contribution is -0.147. The number of hydrogen-bond donors (Lipinski definition) is 1. The molecular formula is C13H20N2O5. The average molecular weight is 284 g/mol. The van der Waals surface area contributed by atoms with Gasteiger partial charge in [-0.15, -0.1) is 0 Å². The summed E-state index contributed by atoms with van der Waals surface area (Å²) in [5.74, 6) is -1.41. The summed E-state index contributed by atoms with van der Waals surface area (Å²) in [6, 6.07) is -1.72. The molecule has 0 spiro atoms. The fraction of sp³-hybridized carbons (Fsp3) is 0.769. The van der Waals surface area contributed by atoms with Gasteiger partial charge in [0.1, 0.15) is 12.1 Å². The number of rotatable bonds is 2. The van der Waals surface area contributed by atoms with Crippen molar-refractivity contribution in [1.29, 1.82) is 0 Å². The number of carboxylic acid groups (broad SMARTS) is 1. The van der Waals surface area contributed by atoms with Crippen LogP contribution in [0, 0.1) is 0 Å². The molecule has 112 valence electrons. The van der Waals surface area contributed by atoms with Crippen LogP contribution in [0.2, 0.25) is 0 Å². The van der Waals surface area contributed by atoms with Gasteiger partial charge in [-0.1, -0.05) is 0 Å². The first kappa shape index (κ1) is 14.6. The van der Waals surface area contributed by atoms with Crippen LogP contribution in [0.1, 0.15) is 32.1 Å². The van der Waals surface area contributed by atoms with Crippen LogP contribution in [-0.4, -0.2) is 65.2 Å². The number of carboxylic acids is 1. The lowest BCUT2D eigenvalue weighted by atomic mass is 10.0. The molecule has 20 heavy (non-hydrogen) atoms. The van der Waals surface area contributed by atoms with Gasteiger partial charge in [0.2, 0.25) is 0 Å². The Hall–Kier alpha value is -1.79. The summed E-state index contributed by atoms with van der Waals surface area (Å²) in [5.41, 5.74) is 0. The minimum Gasteiger partial charge on any atom is -0.480 e. The number of likely N-dealkylation sites (tertiary alicyclic amines) is 2. The van der Waals surface area contributed by atoms with Gasteiger partial charge in [0, 0.05) is 13.1 Å². The number of aliphatic carboxylic acids is 1. The van der Waals surface area contributed by atoms with E-state index in [9.17, 15) is 14.4 Å². The fourth-order valence-electron chi connectivity index (χ4n) is 2.96. The Morgan fingerprint density at radius 2 is 1.60 bits per heavy atom. The molecule has 2 rings (SSSR count). The highest BCUT2D eigenvalue weighted by molar-refractivity contribution is 5.87. The van der Waals surface area contributed by atoms with Crippen molar-refractivity contribution < 1.29 is 24.2 Å². The number of carbonyl (C=O) groups is 3. The normalized spacial score (nSPS) is 26.4. The van der Waals surface area contributed by atoms with Crippen LogP contribution in [0.4, 0.5) is 4.79 Å². The van der Waals surface area contributed by atoms with Crippen molar-refractivity contribution in [3.63, 3.8) is 0 Å². The van der Waals surface area contributed by atoms with Crippen LogP contribution < -0.4 is 0 Å². The molecule has 0 aromatic heterocycles. The maximum atomic E-state index is 12.5. The van der Waals surface area contributed by atoms with Crippen LogP contribution in [0.15, 0.2) is 0 Å². The Labute approximate surface area is 117 Å². The standard InChI is InChI=1S/C13H20N2O5/c1-20-12(18)10-5-2-3-7-15(10)13(19)14-8-4-6-9(14)11(16)17/h9-10H,2-8H2,1H3,(H,16,17)/t9-,10?/m0/s1. The van der Waals surface area contributed by atoms with Crippen molar-refractivity contribution in [3.8, 4) is 0 Å². The van der Waals surface area contributed by atoms with Crippen molar-refractivity contribution in [1.82, 2.24) is 9.80 Å². The van der Waals surface area contributed by atoms with E-state index in [1.54, 1.807) is 0 Å². The first-order chi connectivity index (χ1) is 9.56. The Morgan fingerprint density at radius 3 is 2.25 bits per heavy atom. The van der Waals surface area contributed by atoms with Crippen molar-refractivity contribution in [2.75, 3.05) is 20.2 Å². The maximum Gasteiger partial charge on any atom is 0.328 e. The number of methoxy groups -OCH3 is 1. The SMILES string of the molecule is COC(=O)C1CCCCN1C(=O)N1CCC[C@H]1C(=O)O. The molecule has 7 nitrogen and oxygen atoms in total. The Morgan fingerprint density at radius 1 is 1.00 bits per heavy atom. The highest BCUT2D eigenvalue weighted by atomic mass is 16.5. The molecule has 1 N–H and O–H groups in total. The van der Waals surface area contributed by atoms with E-state index in [-0.39, 0.29) is 6.03 Å².